The molecule has 2 saturated heterocycles. The van der Waals surface area contributed by atoms with Crippen LogP contribution >= 0.6 is 24.2 Å². The number of hydrogen-bond donors (Lipinski definition) is 1. The Labute approximate surface area is 165 Å². The highest BCUT2D eigenvalue weighted by molar-refractivity contribution is 8.14. The van der Waals surface area contributed by atoms with Gasteiger partial charge in [-0.2, -0.15) is 0 Å². The van der Waals surface area contributed by atoms with E-state index in [1.807, 2.05) is 35.2 Å². The molecule has 0 radical (unpaired) electrons. The number of carbonyl (C=O) groups is 2. The second-order valence-electron chi connectivity index (χ2n) is 6.91. The maximum Gasteiger partial charge on any atom is 0.410 e. The molecule has 144 valence electrons. The van der Waals surface area contributed by atoms with Gasteiger partial charge in [-0.25, -0.2) is 4.79 Å². The van der Waals surface area contributed by atoms with Crippen LogP contribution in [0, 0.1) is 0 Å². The third-order valence-electron chi connectivity index (χ3n) is 5.09. The first kappa shape index (κ1) is 21.1. The van der Waals surface area contributed by atoms with Crippen LogP contribution in [0.1, 0.15) is 38.2 Å². The zero-order valence-corrected chi connectivity index (χ0v) is 16.7. The summed E-state index contributed by atoms with van der Waals surface area (Å²) >= 11 is 1.36. The molecule has 0 aromatic heterocycles. The van der Waals surface area contributed by atoms with Crippen molar-refractivity contribution in [2.24, 2.45) is 0 Å². The van der Waals surface area contributed by atoms with Gasteiger partial charge in [0.1, 0.15) is 6.61 Å². The second-order valence-corrected chi connectivity index (χ2v) is 8.39. The quantitative estimate of drug-likeness (QED) is 0.842. The lowest BCUT2D eigenvalue weighted by Gasteiger charge is -2.37. The van der Waals surface area contributed by atoms with Crippen LogP contribution in [-0.2, 0) is 16.1 Å². The topological polar surface area (TPSA) is 58.6 Å². The summed E-state index contributed by atoms with van der Waals surface area (Å²) in [5.74, 6) is 0. The number of amides is 1. The fraction of sp³-hybridized carbons (Fsp3) is 0.579. The molecule has 1 spiro atoms. The Hall–Kier alpha value is -1.24. The summed E-state index contributed by atoms with van der Waals surface area (Å²) in [6, 6.07) is 9.74. The molecule has 2 atom stereocenters. The second kappa shape index (κ2) is 9.62. The van der Waals surface area contributed by atoms with Gasteiger partial charge in [0.2, 0.25) is 0 Å². The van der Waals surface area contributed by atoms with Gasteiger partial charge in [-0.3, -0.25) is 4.79 Å². The number of rotatable bonds is 3. The molecule has 1 aromatic carbocycles. The molecule has 0 aliphatic carbocycles. The molecule has 7 heteroatoms. The Morgan fingerprint density at radius 2 is 2.04 bits per heavy atom. The number of thioether (sulfide) groups is 1. The van der Waals surface area contributed by atoms with Crippen molar-refractivity contribution in [2.45, 2.75) is 50.0 Å². The highest BCUT2D eigenvalue weighted by Gasteiger charge is 2.48. The molecule has 1 aromatic rings. The first-order valence-corrected chi connectivity index (χ1v) is 9.83. The minimum Gasteiger partial charge on any atom is -0.445 e. The molecule has 1 amide bonds. The predicted octanol–water partition coefficient (Wildman–Crippen LogP) is 3.61. The van der Waals surface area contributed by atoms with Crippen molar-refractivity contribution < 1.29 is 14.3 Å². The van der Waals surface area contributed by atoms with Crippen LogP contribution in [-0.4, -0.2) is 46.5 Å². The third kappa shape index (κ3) is 5.15. The molecule has 0 saturated carbocycles. The lowest BCUT2D eigenvalue weighted by molar-refractivity contribution is -0.109. The molecule has 2 aliphatic rings. The van der Waals surface area contributed by atoms with Crippen LogP contribution in [0.3, 0.4) is 0 Å². The fourth-order valence-electron chi connectivity index (χ4n) is 3.96. The summed E-state index contributed by atoms with van der Waals surface area (Å²) in [5.41, 5.74) is 0.811. The van der Waals surface area contributed by atoms with Crippen molar-refractivity contribution in [3.63, 3.8) is 0 Å². The van der Waals surface area contributed by atoms with Crippen molar-refractivity contribution in [1.29, 1.82) is 0 Å². The summed E-state index contributed by atoms with van der Waals surface area (Å²) in [4.78, 5) is 26.3. The molecule has 0 bridgehead atoms. The van der Waals surface area contributed by atoms with Crippen molar-refractivity contribution in [3.8, 4) is 0 Å². The number of nitrogens with zero attached hydrogens (tertiary/aromatic N) is 1. The molecule has 2 aliphatic heterocycles. The Kier molecular flexibility index (Phi) is 7.80. The van der Waals surface area contributed by atoms with Crippen LogP contribution in [0.4, 0.5) is 4.79 Å². The van der Waals surface area contributed by atoms with Crippen LogP contribution < -0.4 is 5.32 Å². The maximum absolute atomic E-state index is 12.8. The van der Waals surface area contributed by atoms with Crippen LogP contribution in [0.15, 0.2) is 30.3 Å². The smallest absolute Gasteiger partial charge is 0.410 e. The van der Waals surface area contributed by atoms with Gasteiger partial charge < -0.3 is 15.0 Å². The Balaban J connectivity index is 0.00000243. The Morgan fingerprint density at radius 3 is 2.77 bits per heavy atom. The van der Waals surface area contributed by atoms with E-state index in [1.165, 1.54) is 11.8 Å². The van der Waals surface area contributed by atoms with E-state index in [9.17, 15) is 9.59 Å². The van der Waals surface area contributed by atoms with Gasteiger partial charge in [-0.1, -0.05) is 42.1 Å². The summed E-state index contributed by atoms with van der Waals surface area (Å²) in [7, 11) is 0. The van der Waals surface area contributed by atoms with E-state index >= 15 is 0 Å². The lowest BCUT2D eigenvalue weighted by atomic mass is 9.88. The molecule has 2 fully saturated rings. The monoisotopic (exact) mass is 398 g/mol. The van der Waals surface area contributed by atoms with Crippen molar-refractivity contribution in [2.75, 3.05) is 19.6 Å². The zero-order valence-electron chi connectivity index (χ0n) is 15.1. The van der Waals surface area contributed by atoms with Crippen molar-refractivity contribution in [1.82, 2.24) is 10.2 Å². The summed E-state index contributed by atoms with van der Waals surface area (Å²) < 4.78 is 5.61. The minimum absolute atomic E-state index is 0. The van der Waals surface area contributed by atoms with Crippen LogP contribution in [0.2, 0.25) is 0 Å². The number of benzene rings is 1. The van der Waals surface area contributed by atoms with Crippen molar-refractivity contribution in [3.05, 3.63) is 35.9 Å². The molecule has 5 nitrogen and oxygen atoms in total. The molecule has 1 N–H and O–H groups in total. The normalized spacial score (nSPS) is 25.4. The SMILES string of the molecule is CC(=O)SC1CN(C(=O)OCc2ccccc2)C2(CCCNCC2)C1.Cl. The van der Waals surface area contributed by atoms with Gasteiger partial charge in [-0.05, 0) is 44.3 Å². The van der Waals surface area contributed by atoms with Crippen LogP contribution in [0.5, 0.6) is 0 Å². The van der Waals surface area contributed by atoms with E-state index in [-0.39, 0.29) is 41.0 Å². The zero-order chi connectivity index (χ0) is 17.7. The highest BCUT2D eigenvalue weighted by atomic mass is 35.5. The molecular formula is C19H27ClN2O3S. The number of nitrogens with one attached hydrogen (secondary N) is 1. The number of likely N-dealkylation sites (tertiary alicyclic amines) is 1. The average molecular weight is 399 g/mol. The molecule has 3 rings (SSSR count). The van der Waals surface area contributed by atoms with Gasteiger partial charge >= 0.3 is 6.09 Å². The van der Waals surface area contributed by atoms with E-state index in [0.29, 0.717) is 6.54 Å². The van der Waals surface area contributed by atoms with Gasteiger partial charge in [0.05, 0.1) is 0 Å². The number of carbonyl (C=O) groups excluding carboxylic acids is 2. The fourth-order valence-corrected chi connectivity index (χ4v) is 5.05. The number of halogens is 1. The number of hydrogen-bond acceptors (Lipinski definition) is 5. The first-order chi connectivity index (χ1) is 12.1. The largest absolute Gasteiger partial charge is 0.445 e. The molecule has 2 unspecified atom stereocenters. The van der Waals surface area contributed by atoms with Gasteiger partial charge in [0, 0.05) is 24.3 Å². The van der Waals surface area contributed by atoms with E-state index in [2.05, 4.69) is 5.32 Å². The minimum atomic E-state index is -0.252. The summed E-state index contributed by atoms with van der Waals surface area (Å²) in [6.07, 6.45) is 3.55. The molecule has 2 heterocycles. The Bertz CT molecular complexity index is 606. The first-order valence-electron chi connectivity index (χ1n) is 8.95. The van der Waals surface area contributed by atoms with Gasteiger partial charge in [0.25, 0.3) is 0 Å². The van der Waals surface area contributed by atoms with E-state index < -0.39 is 0 Å². The number of ether oxygens (including phenoxy) is 1. The van der Waals surface area contributed by atoms with Gasteiger partial charge in [-0.15, -0.1) is 12.4 Å². The van der Waals surface area contributed by atoms with Crippen LogP contribution in [0.25, 0.3) is 0 Å². The van der Waals surface area contributed by atoms with E-state index in [0.717, 1.165) is 44.3 Å². The molecule has 26 heavy (non-hydrogen) atoms. The third-order valence-corrected chi connectivity index (χ3v) is 6.07. The Morgan fingerprint density at radius 1 is 1.27 bits per heavy atom. The highest BCUT2D eigenvalue weighted by Crippen LogP contribution is 2.42. The lowest BCUT2D eigenvalue weighted by Crippen LogP contribution is -2.48. The standard InChI is InChI=1S/C19H26N2O3S.ClH/c1-15(22)25-17-12-19(8-5-10-20-11-9-19)21(13-17)18(23)24-14-16-6-3-2-4-7-16;/h2-4,6-7,17,20H,5,8-14H2,1H3;1H. The van der Waals surface area contributed by atoms with Gasteiger partial charge in [0.15, 0.2) is 5.12 Å². The van der Waals surface area contributed by atoms with E-state index in [4.69, 9.17) is 4.74 Å². The van der Waals surface area contributed by atoms with E-state index in [1.54, 1.807) is 6.92 Å². The average Bonchev–Trinajstić information content (AvgIpc) is 2.77. The summed E-state index contributed by atoms with van der Waals surface area (Å²) in [5, 5.41) is 3.70. The summed E-state index contributed by atoms with van der Waals surface area (Å²) in [6.45, 7) is 4.37. The molecular weight excluding hydrogens is 372 g/mol. The van der Waals surface area contributed by atoms with Crippen molar-refractivity contribution >= 4 is 35.4 Å². The predicted molar refractivity (Wildman–Crippen MR) is 107 cm³/mol. The maximum atomic E-state index is 12.8.